The molecule has 2 N–H and O–H groups in total. The van der Waals surface area contributed by atoms with Crippen LogP contribution in [0.3, 0.4) is 0 Å². The van der Waals surface area contributed by atoms with Crippen LogP contribution in [0.1, 0.15) is 66.6 Å². The van der Waals surface area contributed by atoms with Gasteiger partial charge in [0.25, 0.3) is 5.91 Å². The van der Waals surface area contributed by atoms with Gasteiger partial charge in [0.05, 0.1) is 6.04 Å². The number of carbonyl (C=O) groups excluding carboxylic acids is 2. The number of rotatable bonds is 10. The third kappa shape index (κ3) is 7.74. The average molecular weight is 560 g/mol. The number of benzene rings is 4. The second-order valence-corrected chi connectivity index (χ2v) is 11.6. The summed E-state index contributed by atoms with van der Waals surface area (Å²) in [6, 6.07) is 36.6. The Bertz CT molecular complexity index is 1440. The van der Waals surface area contributed by atoms with Crippen molar-refractivity contribution >= 4 is 17.5 Å². The van der Waals surface area contributed by atoms with E-state index in [4.69, 9.17) is 0 Å². The van der Waals surface area contributed by atoms with Crippen molar-refractivity contribution in [2.75, 3.05) is 25.0 Å². The highest BCUT2D eigenvalue weighted by atomic mass is 16.2. The molecule has 5 nitrogen and oxygen atoms in total. The summed E-state index contributed by atoms with van der Waals surface area (Å²) in [6.07, 6.45) is 3.01. The zero-order valence-corrected chi connectivity index (χ0v) is 24.6. The molecule has 4 aromatic rings. The molecule has 1 atom stereocenters. The molecular weight excluding hydrogens is 518 g/mol. The molecule has 1 aliphatic rings. The van der Waals surface area contributed by atoms with Gasteiger partial charge in [-0.05, 0) is 84.8 Å². The molecule has 4 aromatic carbocycles. The second-order valence-electron chi connectivity index (χ2n) is 11.6. The summed E-state index contributed by atoms with van der Waals surface area (Å²) in [5.41, 5.74) is 6.21. The lowest BCUT2D eigenvalue weighted by molar-refractivity contribution is -0.118. The molecule has 1 saturated heterocycles. The number of hydrogen-bond donors (Lipinski definition) is 2. The van der Waals surface area contributed by atoms with Gasteiger partial charge in [-0.15, -0.1) is 0 Å². The summed E-state index contributed by atoms with van der Waals surface area (Å²) in [6.45, 7) is 6.77. The van der Waals surface area contributed by atoms with Gasteiger partial charge in [0.1, 0.15) is 0 Å². The number of piperidine rings is 1. The molecule has 0 aliphatic carbocycles. The maximum absolute atomic E-state index is 13.3. The van der Waals surface area contributed by atoms with E-state index in [1.54, 1.807) is 0 Å². The van der Waals surface area contributed by atoms with E-state index >= 15 is 0 Å². The van der Waals surface area contributed by atoms with Gasteiger partial charge in [-0.2, -0.15) is 0 Å². The quantitative estimate of drug-likeness (QED) is 0.209. The number of carbonyl (C=O) groups is 2. The van der Waals surface area contributed by atoms with Crippen molar-refractivity contribution in [3.05, 3.63) is 126 Å². The van der Waals surface area contributed by atoms with Gasteiger partial charge in [-0.3, -0.25) is 9.59 Å². The lowest BCUT2D eigenvalue weighted by atomic mass is 9.89. The number of nitrogens with zero attached hydrogens (tertiary/aromatic N) is 1. The molecule has 1 aliphatic heterocycles. The van der Waals surface area contributed by atoms with E-state index in [9.17, 15) is 9.59 Å². The monoisotopic (exact) mass is 559 g/mol. The summed E-state index contributed by atoms with van der Waals surface area (Å²) in [7, 11) is 0. The Morgan fingerprint density at radius 2 is 1.43 bits per heavy atom. The topological polar surface area (TPSA) is 61.4 Å². The number of anilines is 1. The van der Waals surface area contributed by atoms with Crippen molar-refractivity contribution in [1.29, 1.82) is 0 Å². The summed E-state index contributed by atoms with van der Waals surface area (Å²) >= 11 is 0. The SMILES string of the molecule is CC(C)C(=O)Nc1cccc(C2CCN(CC[C@H](NC(=O)c3ccc(-c4ccccc4)cc3)c3ccccc3)CC2)c1. The van der Waals surface area contributed by atoms with Gasteiger partial charge in [-0.25, -0.2) is 0 Å². The van der Waals surface area contributed by atoms with E-state index in [2.05, 4.69) is 51.9 Å². The van der Waals surface area contributed by atoms with Gasteiger partial charge < -0.3 is 15.5 Å². The van der Waals surface area contributed by atoms with Crippen LogP contribution in [0, 0.1) is 5.92 Å². The number of amides is 2. The van der Waals surface area contributed by atoms with Crippen LogP contribution in [0.5, 0.6) is 0 Å². The van der Waals surface area contributed by atoms with Crippen LogP contribution < -0.4 is 10.6 Å². The Morgan fingerprint density at radius 3 is 2.10 bits per heavy atom. The molecule has 2 amide bonds. The van der Waals surface area contributed by atoms with Crippen LogP contribution in [0.4, 0.5) is 5.69 Å². The maximum Gasteiger partial charge on any atom is 0.251 e. The van der Waals surface area contributed by atoms with Crippen LogP contribution in [0.15, 0.2) is 109 Å². The van der Waals surface area contributed by atoms with Crippen molar-refractivity contribution in [2.24, 2.45) is 5.92 Å². The third-order valence-corrected chi connectivity index (χ3v) is 8.23. The van der Waals surface area contributed by atoms with Crippen molar-refractivity contribution < 1.29 is 9.59 Å². The van der Waals surface area contributed by atoms with Crippen LogP contribution in [-0.4, -0.2) is 36.3 Å². The van der Waals surface area contributed by atoms with Crippen molar-refractivity contribution in [3.63, 3.8) is 0 Å². The molecule has 42 heavy (non-hydrogen) atoms. The number of likely N-dealkylation sites (tertiary alicyclic amines) is 1. The van der Waals surface area contributed by atoms with E-state index in [1.807, 2.05) is 86.6 Å². The molecule has 0 saturated carbocycles. The van der Waals surface area contributed by atoms with Crippen LogP contribution in [0.2, 0.25) is 0 Å². The van der Waals surface area contributed by atoms with Gasteiger partial charge in [0.2, 0.25) is 5.91 Å². The zero-order valence-electron chi connectivity index (χ0n) is 24.6. The number of hydrogen-bond acceptors (Lipinski definition) is 3. The predicted molar refractivity (Wildman–Crippen MR) is 171 cm³/mol. The van der Waals surface area contributed by atoms with Crippen LogP contribution in [-0.2, 0) is 4.79 Å². The Kier molecular flexibility index (Phi) is 9.83. The molecule has 1 fully saturated rings. The van der Waals surface area contributed by atoms with Crippen molar-refractivity contribution in [2.45, 2.75) is 45.1 Å². The molecule has 0 aromatic heterocycles. The Labute approximate surface area is 250 Å². The molecule has 1 heterocycles. The van der Waals surface area contributed by atoms with Crippen molar-refractivity contribution in [3.8, 4) is 11.1 Å². The van der Waals surface area contributed by atoms with E-state index < -0.39 is 0 Å². The summed E-state index contributed by atoms with van der Waals surface area (Å²) in [4.78, 5) is 28.0. The first kappa shape index (κ1) is 29.3. The standard InChI is InChI=1S/C37H41N3O2/c1-27(2)36(41)38-34-15-9-14-33(26-34)30-20-23-40(24-21-30)25-22-35(31-12-7-4-8-13-31)39-37(42)32-18-16-29(17-19-32)28-10-5-3-6-11-28/h3-19,26-27,30,35H,20-25H2,1-2H3,(H,38,41)(H,39,42)/t35-/m0/s1. The Balaban J connectivity index is 1.17. The molecular formula is C37H41N3O2. The minimum Gasteiger partial charge on any atom is -0.345 e. The van der Waals surface area contributed by atoms with E-state index in [1.165, 1.54) is 5.56 Å². The summed E-state index contributed by atoms with van der Waals surface area (Å²) in [5, 5.41) is 6.34. The van der Waals surface area contributed by atoms with Crippen LogP contribution in [0.25, 0.3) is 11.1 Å². The van der Waals surface area contributed by atoms with Gasteiger partial charge >= 0.3 is 0 Å². The van der Waals surface area contributed by atoms with E-state index in [-0.39, 0.29) is 23.8 Å². The molecule has 5 heteroatoms. The maximum atomic E-state index is 13.3. The lowest BCUT2D eigenvalue weighted by Crippen LogP contribution is -2.36. The molecule has 5 rings (SSSR count). The fraction of sp³-hybridized carbons (Fsp3) is 0.297. The first-order valence-electron chi connectivity index (χ1n) is 15.1. The predicted octanol–water partition coefficient (Wildman–Crippen LogP) is 7.69. The van der Waals surface area contributed by atoms with Crippen molar-refractivity contribution in [1.82, 2.24) is 10.2 Å². The van der Waals surface area contributed by atoms with E-state index in [0.717, 1.165) is 61.3 Å². The Morgan fingerprint density at radius 1 is 0.786 bits per heavy atom. The Hall–Kier alpha value is -4.22. The molecule has 0 unspecified atom stereocenters. The average Bonchev–Trinajstić information content (AvgIpc) is 3.04. The normalized spacial score (nSPS) is 14.8. The minimum absolute atomic E-state index is 0.0402. The first-order chi connectivity index (χ1) is 20.5. The smallest absolute Gasteiger partial charge is 0.251 e. The summed E-state index contributed by atoms with van der Waals surface area (Å²) in [5.74, 6) is 0.444. The zero-order chi connectivity index (χ0) is 29.3. The fourth-order valence-corrected chi connectivity index (χ4v) is 5.65. The number of nitrogens with one attached hydrogen (secondary N) is 2. The highest BCUT2D eigenvalue weighted by Crippen LogP contribution is 2.30. The van der Waals surface area contributed by atoms with Gasteiger partial charge in [0.15, 0.2) is 0 Å². The van der Waals surface area contributed by atoms with Gasteiger partial charge in [-0.1, -0.05) is 98.8 Å². The molecule has 216 valence electrons. The second kappa shape index (κ2) is 14.1. The first-order valence-corrected chi connectivity index (χ1v) is 15.1. The fourth-order valence-electron chi connectivity index (χ4n) is 5.65. The molecule has 0 spiro atoms. The molecule has 0 radical (unpaired) electrons. The minimum atomic E-state index is -0.0635. The highest BCUT2D eigenvalue weighted by Gasteiger charge is 2.23. The van der Waals surface area contributed by atoms with Crippen LogP contribution >= 0.6 is 0 Å². The molecule has 0 bridgehead atoms. The van der Waals surface area contributed by atoms with Gasteiger partial charge in [0, 0.05) is 23.7 Å². The van der Waals surface area contributed by atoms with E-state index in [0.29, 0.717) is 11.5 Å². The summed E-state index contributed by atoms with van der Waals surface area (Å²) < 4.78 is 0. The third-order valence-electron chi connectivity index (χ3n) is 8.23. The lowest BCUT2D eigenvalue weighted by Gasteiger charge is -2.33. The highest BCUT2D eigenvalue weighted by molar-refractivity contribution is 5.95. The largest absolute Gasteiger partial charge is 0.345 e.